The summed E-state index contributed by atoms with van der Waals surface area (Å²) in [6.45, 7) is 0.720. The lowest BCUT2D eigenvalue weighted by Gasteiger charge is -2.08. The summed E-state index contributed by atoms with van der Waals surface area (Å²) in [7, 11) is 0. The van der Waals surface area contributed by atoms with Gasteiger partial charge in [-0.2, -0.15) is 0 Å². The molecule has 1 N–H and O–H groups in total. The number of amidine groups is 1. The monoisotopic (exact) mass is 395 g/mol. The molecule has 0 atom stereocenters. The van der Waals surface area contributed by atoms with E-state index < -0.39 is 0 Å². The Labute approximate surface area is 144 Å². The Morgan fingerprint density at radius 3 is 2.87 bits per heavy atom. The van der Waals surface area contributed by atoms with Crippen molar-refractivity contribution in [3.63, 3.8) is 0 Å². The van der Waals surface area contributed by atoms with E-state index in [4.69, 9.17) is 4.74 Å². The van der Waals surface area contributed by atoms with Crippen molar-refractivity contribution in [3.8, 4) is 11.6 Å². The number of hydrogen-bond donors (Lipinski definition) is 1. The minimum absolute atomic E-state index is 0.264. The van der Waals surface area contributed by atoms with E-state index in [0.717, 1.165) is 12.3 Å². The molecule has 0 fully saturated rings. The molecule has 23 heavy (non-hydrogen) atoms. The maximum absolute atomic E-state index is 13.0. The van der Waals surface area contributed by atoms with Crippen LogP contribution in [0.15, 0.2) is 46.0 Å². The molecule has 0 bridgehead atoms. The zero-order valence-electron chi connectivity index (χ0n) is 11.8. The summed E-state index contributed by atoms with van der Waals surface area (Å²) in [6, 6.07) is 7.28. The second-order valence-electron chi connectivity index (χ2n) is 4.55. The Morgan fingerprint density at radius 1 is 1.35 bits per heavy atom. The van der Waals surface area contributed by atoms with Crippen molar-refractivity contribution >= 4 is 38.8 Å². The van der Waals surface area contributed by atoms with Crippen LogP contribution >= 0.6 is 27.7 Å². The largest absolute Gasteiger partial charge is 0.438 e. The van der Waals surface area contributed by atoms with Crippen molar-refractivity contribution < 1.29 is 13.9 Å². The SMILES string of the molecule is O=C(NC1=NCCS1)c1ccc(Oc2ccc(F)cc2Br)nc1. The normalized spacial score (nSPS) is 13.6. The summed E-state index contributed by atoms with van der Waals surface area (Å²) in [6.07, 6.45) is 1.42. The third-order valence-electron chi connectivity index (χ3n) is 2.91. The van der Waals surface area contributed by atoms with Crippen molar-refractivity contribution in [2.45, 2.75) is 0 Å². The highest BCUT2D eigenvalue weighted by Gasteiger charge is 2.13. The van der Waals surface area contributed by atoms with E-state index in [0.29, 0.717) is 26.8 Å². The van der Waals surface area contributed by atoms with Gasteiger partial charge in [-0.05, 0) is 40.2 Å². The van der Waals surface area contributed by atoms with E-state index in [-0.39, 0.29) is 11.7 Å². The average Bonchev–Trinajstić information content (AvgIpc) is 3.04. The second kappa shape index (κ2) is 7.10. The van der Waals surface area contributed by atoms with Crippen molar-refractivity contribution in [2.75, 3.05) is 12.3 Å². The number of halogens is 2. The van der Waals surface area contributed by atoms with E-state index >= 15 is 0 Å². The van der Waals surface area contributed by atoms with E-state index in [2.05, 4.69) is 31.2 Å². The van der Waals surface area contributed by atoms with Crippen LogP contribution in [0.3, 0.4) is 0 Å². The van der Waals surface area contributed by atoms with Gasteiger partial charge in [0.1, 0.15) is 11.6 Å². The van der Waals surface area contributed by atoms with Crippen LogP contribution in [0.5, 0.6) is 11.6 Å². The number of carbonyl (C=O) groups excluding carboxylic acids is 1. The Morgan fingerprint density at radius 2 is 2.22 bits per heavy atom. The lowest BCUT2D eigenvalue weighted by Crippen LogP contribution is -2.27. The number of benzene rings is 1. The highest BCUT2D eigenvalue weighted by molar-refractivity contribution is 9.10. The minimum atomic E-state index is -0.364. The lowest BCUT2D eigenvalue weighted by molar-refractivity contribution is 0.0977. The van der Waals surface area contributed by atoms with Crippen LogP contribution in [-0.2, 0) is 0 Å². The maximum Gasteiger partial charge on any atom is 0.258 e. The average molecular weight is 396 g/mol. The predicted molar refractivity (Wildman–Crippen MR) is 90.6 cm³/mol. The molecule has 2 heterocycles. The van der Waals surface area contributed by atoms with Crippen LogP contribution in [0.4, 0.5) is 4.39 Å². The predicted octanol–water partition coefficient (Wildman–Crippen LogP) is 3.61. The van der Waals surface area contributed by atoms with Gasteiger partial charge in [-0.1, -0.05) is 11.8 Å². The standard InChI is InChI=1S/C15H11BrFN3O2S/c16-11-7-10(17)2-3-12(11)22-13-4-1-9(8-19-13)14(21)20-15-18-5-6-23-15/h1-4,7-8H,5-6H2,(H,18,20,21). The molecule has 118 valence electrons. The molecule has 1 aromatic carbocycles. The number of pyridine rings is 1. The zero-order chi connectivity index (χ0) is 16.2. The molecule has 5 nitrogen and oxygen atoms in total. The number of hydrogen-bond acceptors (Lipinski definition) is 5. The first-order chi connectivity index (χ1) is 11.1. The molecular weight excluding hydrogens is 385 g/mol. The third kappa shape index (κ3) is 4.08. The van der Waals surface area contributed by atoms with Gasteiger partial charge in [-0.25, -0.2) is 9.37 Å². The molecule has 0 spiro atoms. The second-order valence-corrected chi connectivity index (χ2v) is 6.49. The molecule has 0 saturated heterocycles. The van der Waals surface area contributed by atoms with Crippen molar-refractivity contribution in [1.29, 1.82) is 0 Å². The number of thioether (sulfide) groups is 1. The fourth-order valence-corrected chi connectivity index (χ4v) is 2.98. The van der Waals surface area contributed by atoms with E-state index in [1.54, 1.807) is 12.1 Å². The van der Waals surface area contributed by atoms with E-state index in [1.165, 1.54) is 36.2 Å². The Kier molecular flexibility index (Phi) is 4.92. The van der Waals surface area contributed by atoms with Crippen LogP contribution in [0.25, 0.3) is 0 Å². The van der Waals surface area contributed by atoms with Gasteiger partial charge >= 0.3 is 0 Å². The van der Waals surface area contributed by atoms with Gasteiger partial charge in [0.15, 0.2) is 5.17 Å². The summed E-state index contributed by atoms with van der Waals surface area (Å²) >= 11 is 4.73. The summed E-state index contributed by atoms with van der Waals surface area (Å²) in [5.41, 5.74) is 0.408. The number of aromatic nitrogens is 1. The van der Waals surface area contributed by atoms with Crippen LogP contribution in [0.2, 0.25) is 0 Å². The topological polar surface area (TPSA) is 63.6 Å². The molecule has 8 heteroatoms. The Hall–Kier alpha value is -1.93. The highest BCUT2D eigenvalue weighted by atomic mass is 79.9. The third-order valence-corrected chi connectivity index (χ3v) is 4.42. The summed E-state index contributed by atoms with van der Waals surface area (Å²) in [5, 5.41) is 3.35. The van der Waals surface area contributed by atoms with Gasteiger partial charge in [0.05, 0.1) is 16.6 Å². The summed E-state index contributed by atoms with van der Waals surface area (Å²) in [4.78, 5) is 20.3. The van der Waals surface area contributed by atoms with Crippen LogP contribution < -0.4 is 10.1 Å². The quantitative estimate of drug-likeness (QED) is 0.861. The molecule has 0 unspecified atom stereocenters. The first-order valence-electron chi connectivity index (χ1n) is 6.69. The molecule has 0 aliphatic carbocycles. The minimum Gasteiger partial charge on any atom is -0.438 e. The van der Waals surface area contributed by atoms with Crippen LogP contribution in [0, 0.1) is 5.82 Å². The van der Waals surface area contributed by atoms with Crippen LogP contribution in [-0.4, -0.2) is 28.4 Å². The summed E-state index contributed by atoms with van der Waals surface area (Å²) < 4.78 is 19.1. The first kappa shape index (κ1) is 15.9. The maximum atomic E-state index is 13.0. The van der Waals surface area contributed by atoms with E-state index in [1.807, 2.05) is 0 Å². The number of ether oxygens (including phenoxy) is 1. The molecule has 3 rings (SSSR count). The molecule has 1 amide bonds. The van der Waals surface area contributed by atoms with Crippen molar-refractivity contribution in [3.05, 3.63) is 52.4 Å². The molecule has 2 aromatic rings. The van der Waals surface area contributed by atoms with Gasteiger partial charge in [-0.15, -0.1) is 0 Å². The molecule has 1 aliphatic heterocycles. The number of rotatable bonds is 3. The number of amides is 1. The number of nitrogens with one attached hydrogen (secondary N) is 1. The smallest absolute Gasteiger partial charge is 0.258 e. The molecular formula is C15H11BrFN3O2S. The van der Waals surface area contributed by atoms with E-state index in [9.17, 15) is 9.18 Å². The molecule has 1 aliphatic rings. The molecule has 1 aromatic heterocycles. The Bertz CT molecular complexity index is 768. The van der Waals surface area contributed by atoms with Crippen LogP contribution in [0.1, 0.15) is 10.4 Å². The number of nitrogens with zero attached hydrogens (tertiary/aromatic N) is 2. The Balaban J connectivity index is 1.68. The van der Waals surface area contributed by atoms with Gasteiger partial charge in [0.25, 0.3) is 5.91 Å². The fraction of sp³-hybridized carbons (Fsp3) is 0.133. The lowest BCUT2D eigenvalue weighted by atomic mass is 10.3. The number of carbonyl (C=O) groups is 1. The van der Waals surface area contributed by atoms with Gasteiger partial charge in [0.2, 0.25) is 5.88 Å². The van der Waals surface area contributed by atoms with Gasteiger partial charge in [-0.3, -0.25) is 9.79 Å². The number of aliphatic imine (C=N–C) groups is 1. The molecule has 0 radical (unpaired) electrons. The molecule has 0 saturated carbocycles. The fourth-order valence-electron chi connectivity index (χ4n) is 1.83. The highest BCUT2D eigenvalue weighted by Crippen LogP contribution is 2.29. The zero-order valence-corrected chi connectivity index (χ0v) is 14.2. The van der Waals surface area contributed by atoms with Crippen molar-refractivity contribution in [1.82, 2.24) is 10.3 Å². The first-order valence-corrected chi connectivity index (χ1v) is 8.47. The van der Waals surface area contributed by atoms with Gasteiger partial charge in [0, 0.05) is 18.0 Å². The van der Waals surface area contributed by atoms with Crippen molar-refractivity contribution in [2.24, 2.45) is 4.99 Å². The van der Waals surface area contributed by atoms with Gasteiger partial charge < -0.3 is 10.1 Å². The summed E-state index contributed by atoms with van der Waals surface area (Å²) in [5.74, 6) is 0.999.